The molecular formula is C25H31N6O7P. The number of esters is 1. The first-order chi connectivity index (χ1) is 18.7. The van der Waals surface area contributed by atoms with Gasteiger partial charge in [0.05, 0.1) is 25.1 Å². The SMILES string of the molecule is C=C1C(CO[PH](=O)N(Oc2ccccc2)C(C)C(=O)OC2CCC2)[C@@H](O)C[C@@H]1n1cnc2c(=O)[nH]c(N)nc21. The number of carbonyl (C=O) groups excluding carboxylic acids is 1. The molecule has 13 nitrogen and oxygen atoms in total. The van der Waals surface area contributed by atoms with Crippen molar-refractivity contribution in [2.24, 2.45) is 5.92 Å². The van der Waals surface area contributed by atoms with Crippen LogP contribution in [0.2, 0.25) is 0 Å². The summed E-state index contributed by atoms with van der Waals surface area (Å²) in [6.45, 7) is 5.53. The van der Waals surface area contributed by atoms with Gasteiger partial charge in [0.1, 0.15) is 17.9 Å². The Kier molecular flexibility index (Phi) is 7.85. The Labute approximate surface area is 224 Å². The first-order valence-electron chi connectivity index (χ1n) is 12.7. The van der Waals surface area contributed by atoms with Crippen LogP contribution in [0.25, 0.3) is 11.2 Å². The molecule has 4 N–H and O–H groups in total. The van der Waals surface area contributed by atoms with Crippen LogP contribution in [0.4, 0.5) is 5.95 Å². The van der Waals surface area contributed by atoms with Crippen molar-refractivity contribution in [1.29, 1.82) is 0 Å². The van der Waals surface area contributed by atoms with Crippen molar-refractivity contribution in [2.45, 2.75) is 56.9 Å². The minimum Gasteiger partial charge on any atom is -0.461 e. The predicted octanol–water partition coefficient (Wildman–Crippen LogP) is 2.37. The first kappa shape index (κ1) is 27.1. The van der Waals surface area contributed by atoms with E-state index < -0.39 is 43.8 Å². The molecule has 2 aliphatic carbocycles. The lowest BCUT2D eigenvalue weighted by Crippen LogP contribution is -2.40. The minimum absolute atomic E-state index is 0.0552. The number of rotatable bonds is 10. The molecule has 39 heavy (non-hydrogen) atoms. The summed E-state index contributed by atoms with van der Waals surface area (Å²) in [4.78, 5) is 42.5. The predicted molar refractivity (Wildman–Crippen MR) is 142 cm³/mol. The van der Waals surface area contributed by atoms with Crippen molar-refractivity contribution >= 4 is 31.3 Å². The lowest BCUT2D eigenvalue weighted by molar-refractivity contribution is -0.164. The van der Waals surface area contributed by atoms with Gasteiger partial charge in [-0.25, -0.2) is 4.98 Å². The van der Waals surface area contributed by atoms with Gasteiger partial charge in [-0.3, -0.25) is 19.1 Å². The number of ether oxygens (including phenoxy) is 1. The van der Waals surface area contributed by atoms with Crippen LogP contribution in [0.5, 0.6) is 5.75 Å². The highest BCUT2D eigenvalue weighted by Crippen LogP contribution is 2.42. The Morgan fingerprint density at radius 3 is 2.79 bits per heavy atom. The Balaban J connectivity index is 1.29. The fraction of sp³-hybridized carbons (Fsp3) is 0.440. The molecule has 5 rings (SSSR count). The van der Waals surface area contributed by atoms with Gasteiger partial charge in [0, 0.05) is 5.92 Å². The molecule has 3 unspecified atom stereocenters. The number of hydroxylamine groups is 1. The number of H-pyrrole nitrogens is 1. The largest absolute Gasteiger partial charge is 0.461 e. The van der Waals surface area contributed by atoms with Gasteiger partial charge < -0.3 is 29.5 Å². The number of benzene rings is 1. The Morgan fingerprint density at radius 2 is 2.10 bits per heavy atom. The van der Waals surface area contributed by atoms with Crippen molar-refractivity contribution in [2.75, 3.05) is 12.3 Å². The van der Waals surface area contributed by atoms with Crippen molar-refractivity contribution in [3.8, 4) is 5.75 Å². The van der Waals surface area contributed by atoms with Crippen LogP contribution in [0, 0.1) is 5.92 Å². The normalized spacial score (nSPS) is 23.1. The van der Waals surface area contributed by atoms with Gasteiger partial charge in [0.2, 0.25) is 5.95 Å². The monoisotopic (exact) mass is 558 g/mol. The number of aromatic nitrogens is 4. The van der Waals surface area contributed by atoms with Crippen molar-refractivity contribution in [3.63, 3.8) is 0 Å². The third-order valence-electron chi connectivity index (χ3n) is 7.16. The highest BCUT2D eigenvalue weighted by molar-refractivity contribution is 7.36. The highest BCUT2D eigenvalue weighted by Gasteiger charge is 2.40. The fourth-order valence-electron chi connectivity index (χ4n) is 4.66. The van der Waals surface area contributed by atoms with Gasteiger partial charge in [-0.15, -0.1) is 0 Å². The van der Waals surface area contributed by atoms with Crippen LogP contribution in [0.1, 0.15) is 38.6 Å². The number of nitrogen functional groups attached to an aromatic ring is 1. The standard InChI is InChI=1S/C25H31N6O7P/c1-14-18(20(32)11-19(14)30-13-27-21-22(30)28-25(26)29-23(21)33)12-36-39(35)31(38-17-7-4-3-5-8-17)15(2)24(34)37-16-9-6-10-16/h3-5,7-8,13,15-16,18-20,32,39H,1,6,9-12H2,2H3,(H3,26,28,29,33)/t15?,18?,19-,20-/m0/s1. The smallest absolute Gasteiger partial charge is 0.327 e. The van der Waals surface area contributed by atoms with Crippen LogP contribution < -0.4 is 16.1 Å². The Hall–Kier alpha value is -3.51. The van der Waals surface area contributed by atoms with Crippen LogP contribution in [0.3, 0.4) is 0 Å². The number of nitrogens with one attached hydrogen (secondary N) is 1. The quantitative estimate of drug-likeness (QED) is 0.144. The highest BCUT2D eigenvalue weighted by atomic mass is 31.1. The average molecular weight is 559 g/mol. The zero-order chi connectivity index (χ0) is 27.7. The van der Waals surface area contributed by atoms with E-state index in [4.69, 9.17) is 19.8 Å². The molecule has 2 aromatic heterocycles. The summed E-state index contributed by atoms with van der Waals surface area (Å²) in [5, 5.41) is 10.8. The van der Waals surface area contributed by atoms with Gasteiger partial charge in [-0.1, -0.05) is 29.6 Å². The van der Waals surface area contributed by atoms with Crippen LogP contribution >= 0.6 is 8.18 Å². The number of aliphatic hydroxyl groups is 1. The van der Waals surface area contributed by atoms with E-state index in [0.29, 0.717) is 11.3 Å². The van der Waals surface area contributed by atoms with E-state index >= 15 is 0 Å². The Morgan fingerprint density at radius 1 is 1.36 bits per heavy atom. The summed E-state index contributed by atoms with van der Waals surface area (Å²) < 4.78 is 26.2. The number of hydrogen-bond acceptors (Lipinski definition) is 10. The van der Waals surface area contributed by atoms with Gasteiger partial charge in [0.15, 0.2) is 11.2 Å². The van der Waals surface area contributed by atoms with E-state index in [0.717, 1.165) is 24.1 Å². The maximum absolute atomic E-state index is 13.4. The summed E-state index contributed by atoms with van der Waals surface area (Å²) in [5.41, 5.74) is 6.21. The molecule has 208 valence electrons. The van der Waals surface area contributed by atoms with E-state index in [1.54, 1.807) is 41.8 Å². The van der Waals surface area contributed by atoms with Crippen molar-refractivity contribution in [1.82, 2.24) is 24.4 Å². The molecular weight excluding hydrogens is 527 g/mol. The molecule has 14 heteroatoms. The topological polar surface area (TPSA) is 175 Å². The number of nitrogens with two attached hydrogens (primary N) is 1. The number of nitrogens with zero attached hydrogens (tertiary/aromatic N) is 4. The maximum atomic E-state index is 13.4. The molecule has 1 aromatic carbocycles. The maximum Gasteiger partial charge on any atom is 0.327 e. The number of aromatic amines is 1. The molecule has 2 heterocycles. The van der Waals surface area contributed by atoms with Gasteiger partial charge in [-0.05, 0) is 50.3 Å². The van der Waals surface area contributed by atoms with E-state index in [1.165, 1.54) is 6.33 Å². The summed E-state index contributed by atoms with van der Waals surface area (Å²) >= 11 is 0. The lowest BCUT2D eigenvalue weighted by atomic mass is 9.96. The molecule has 0 amide bonds. The second-order valence-corrected chi connectivity index (χ2v) is 11.0. The summed E-state index contributed by atoms with van der Waals surface area (Å²) in [7, 11) is -3.13. The molecule has 2 saturated carbocycles. The number of fused-ring (bicyclic) bond motifs is 1. The first-order valence-corrected chi connectivity index (χ1v) is 14.0. The summed E-state index contributed by atoms with van der Waals surface area (Å²) in [5.74, 6) is -0.824. The number of anilines is 1. The molecule has 0 radical (unpaired) electrons. The van der Waals surface area contributed by atoms with Crippen LogP contribution in [-0.4, -0.2) is 60.3 Å². The number of hydrogen-bond donors (Lipinski definition) is 3. The molecule has 0 aliphatic heterocycles. The third-order valence-corrected chi connectivity index (χ3v) is 8.41. The van der Waals surface area contributed by atoms with Gasteiger partial charge in [0.25, 0.3) is 13.7 Å². The van der Waals surface area contributed by atoms with Crippen LogP contribution in [0.15, 0.2) is 53.6 Å². The molecule has 3 aromatic rings. The molecule has 5 atom stereocenters. The van der Waals surface area contributed by atoms with Gasteiger partial charge >= 0.3 is 5.97 Å². The second-order valence-electron chi connectivity index (χ2n) is 9.75. The van der Waals surface area contributed by atoms with E-state index in [9.17, 15) is 19.3 Å². The van der Waals surface area contributed by atoms with Crippen molar-refractivity contribution < 1.29 is 28.6 Å². The summed E-state index contributed by atoms with van der Waals surface area (Å²) in [6, 6.07) is 7.19. The number of para-hydroxylation sites is 1. The number of aliphatic hydroxyl groups excluding tert-OH is 1. The average Bonchev–Trinajstić information content (AvgIpc) is 3.43. The number of carbonyl (C=O) groups is 1. The lowest BCUT2D eigenvalue weighted by Gasteiger charge is -2.30. The van der Waals surface area contributed by atoms with E-state index in [-0.39, 0.29) is 36.2 Å². The molecule has 0 saturated heterocycles. The zero-order valence-electron chi connectivity index (χ0n) is 21.4. The summed E-state index contributed by atoms with van der Waals surface area (Å²) in [6.07, 6.45) is 3.28. The Bertz CT molecular complexity index is 1440. The van der Waals surface area contributed by atoms with E-state index in [1.807, 2.05) is 0 Å². The number of imidazole rings is 1. The van der Waals surface area contributed by atoms with Crippen LogP contribution in [-0.2, 0) is 18.6 Å². The fourth-order valence-corrected chi connectivity index (χ4v) is 5.71. The third kappa shape index (κ3) is 5.62. The van der Waals surface area contributed by atoms with E-state index in [2.05, 4.69) is 21.5 Å². The molecule has 0 spiro atoms. The van der Waals surface area contributed by atoms with Gasteiger partial charge in [-0.2, -0.15) is 4.98 Å². The molecule has 2 aliphatic rings. The molecule has 2 fully saturated rings. The molecule has 0 bridgehead atoms. The minimum atomic E-state index is -3.13. The zero-order valence-corrected chi connectivity index (χ0v) is 22.4. The van der Waals surface area contributed by atoms with Crippen molar-refractivity contribution in [3.05, 3.63) is 59.2 Å². The second kappa shape index (κ2) is 11.3.